The summed E-state index contributed by atoms with van der Waals surface area (Å²) in [6, 6.07) is 6.58. The standard InChI is InChI=1S/C14H19NO2/c1-2-15(10-11-5-3-6-11)14(17)12-7-4-8-13(16)9-12/h4,7-9,11,16H,2-3,5-6,10H2,1H3. The lowest BCUT2D eigenvalue weighted by Crippen LogP contribution is -2.37. The van der Waals surface area contributed by atoms with Gasteiger partial charge in [-0.05, 0) is 43.9 Å². The fourth-order valence-electron chi connectivity index (χ4n) is 2.16. The van der Waals surface area contributed by atoms with Gasteiger partial charge in [-0.1, -0.05) is 12.5 Å². The lowest BCUT2D eigenvalue weighted by atomic mass is 9.85. The van der Waals surface area contributed by atoms with Crippen LogP contribution in [-0.2, 0) is 0 Å². The molecule has 0 aromatic heterocycles. The zero-order valence-electron chi connectivity index (χ0n) is 10.2. The molecule has 0 saturated heterocycles. The highest BCUT2D eigenvalue weighted by molar-refractivity contribution is 5.94. The van der Waals surface area contributed by atoms with Gasteiger partial charge in [-0.25, -0.2) is 0 Å². The first-order valence-corrected chi connectivity index (χ1v) is 6.29. The average molecular weight is 233 g/mol. The Labute approximate surface area is 102 Å². The number of nitrogens with zero attached hydrogens (tertiary/aromatic N) is 1. The number of carbonyl (C=O) groups is 1. The predicted octanol–water partition coefficient (Wildman–Crippen LogP) is 2.65. The molecule has 1 aromatic rings. The molecule has 0 atom stereocenters. The number of hydrogen-bond donors (Lipinski definition) is 1. The van der Waals surface area contributed by atoms with E-state index in [0.717, 1.165) is 13.1 Å². The second kappa shape index (κ2) is 5.21. The van der Waals surface area contributed by atoms with E-state index < -0.39 is 0 Å². The highest BCUT2D eigenvalue weighted by Gasteiger charge is 2.23. The maximum absolute atomic E-state index is 12.2. The van der Waals surface area contributed by atoms with E-state index in [4.69, 9.17) is 0 Å². The fourth-order valence-corrected chi connectivity index (χ4v) is 2.16. The first kappa shape index (κ1) is 12.0. The normalized spacial score (nSPS) is 15.4. The molecule has 3 heteroatoms. The number of amides is 1. The fraction of sp³-hybridized carbons (Fsp3) is 0.500. The molecule has 1 aromatic carbocycles. The summed E-state index contributed by atoms with van der Waals surface area (Å²) >= 11 is 0. The Kier molecular flexibility index (Phi) is 3.67. The molecular formula is C14H19NO2. The molecule has 2 rings (SSSR count). The zero-order chi connectivity index (χ0) is 12.3. The van der Waals surface area contributed by atoms with E-state index in [1.165, 1.54) is 25.3 Å². The third kappa shape index (κ3) is 2.78. The smallest absolute Gasteiger partial charge is 0.253 e. The van der Waals surface area contributed by atoms with Crippen LogP contribution in [0.2, 0.25) is 0 Å². The summed E-state index contributed by atoms with van der Waals surface area (Å²) in [6.45, 7) is 3.58. The van der Waals surface area contributed by atoms with Gasteiger partial charge in [0.2, 0.25) is 0 Å². The van der Waals surface area contributed by atoms with Crippen LogP contribution in [0.3, 0.4) is 0 Å². The molecular weight excluding hydrogens is 214 g/mol. The third-order valence-corrected chi connectivity index (χ3v) is 3.47. The van der Waals surface area contributed by atoms with Crippen LogP contribution in [0.15, 0.2) is 24.3 Å². The van der Waals surface area contributed by atoms with Gasteiger partial charge in [0.1, 0.15) is 5.75 Å². The van der Waals surface area contributed by atoms with E-state index >= 15 is 0 Å². The lowest BCUT2D eigenvalue weighted by molar-refractivity contribution is 0.0706. The monoisotopic (exact) mass is 233 g/mol. The minimum absolute atomic E-state index is 0.0234. The summed E-state index contributed by atoms with van der Waals surface area (Å²) < 4.78 is 0. The van der Waals surface area contributed by atoms with Gasteiger partial charge in [0, 0.05) is 18.7 Å². The Balaban J connectivity index is 2.05. The van der Waals surface area contributed by atoms with E-state index in [-0.39, 0.29) is 11.7 Å². The number of phenolic OH excluding ortho intramolecular Hbond substituents is 1. The lowest BCUT2D eigenvalue weighted by Gasteiger charge is -2.31. The minimum Gasteiger partial charge on any atom is -0.508 e. The summed E-state index contributed by atoms with van der Waals surface area (Å²) in [4.78, 5) is 14.1. The Morgan fingerprint density at radius 3 is 2.76 bits per heavy atom. The van der Waals surface area contributed by atoms with E-state index in [1.54, 1.807) is 18.2 Å². The van der Waals surface area contributed by atoms with Crippen molar-refractivity contribution >= 4 is 5.91 Å². The highest BCUT2D eigenvalue weighted by atomic mass is 16.3. The van der Waals surface area contributed by atoms with Crippen molar-refractivity contribution in [2.75, 3.05) is 13.1 Å². The van der Waals surface area contributed by atoms with E-state index in [2.05, 4.69) is 0 Å². The number of rotatable bonds is 4. The summed E-state index contributed by atoms with van der Waals surface area (Å²) in [5.41, 5.74) is 0.575. The maximum atomic E-state index is 12.2. The Morgan fingerprint density at radius 2 is 2.24 bits per heavy atom. The second-order valence-electron chi connectivity index (χ2n) is 4.69. The van der Waals surface area contributed by atoms with Gasteiger partial charge in [-0.3, -0.25) is 4.79 Å². The topological polar surface area (TPSA) is 40.5 Å². The number of aromatic hydroxyl groups is 1. The number of hydrogen-bond acceptors (Lipinski definition) is 2. The van der Waals surface area contributed by atoms with Crippen LogP contribution in [0.4, 0.5) is 0 Å². The maximum Gasteiger partial charge on any atom is 0.253 e. The van der Waals surface area contributed by atoms with Crippen LogP contribution in [0.25, 0.3) is 0 Å². The van der Waals surface area contributed by atoms with Crippen molar-refractivity contribution in [2.45, 2.75) is 26.2 Å². The average Bonchev–Trinajstić information content (AvgIpc) is 2.27. The molecule has 0 unspecified atom stereocenters. The van der Waals surface area contributed by atoms with Crippen molar-refractivity contribution in [1.82, 2.24) is 4.90 Å². The van der Waals surface area contributed by atoms with Crippen LogP contribution in [0.5, 0.6) is 5.75 Å². The molecule has 1 amide bonds. The molecule has 1 saturated carbocycles. The molecule has 1 fully saturated rings. The van der Waals surface area contributed by atoms with Gasteiger partial charge < -0.3 is 10.0 Å². The van der Waals surface area contributed by atoms with Crippen LogP contribution < -0.4 is 0 Å². The van der Waals surface area contributed by atoms with Crippen LogP contribution in [0.1, 0.15) is 36.5 Å². The van der Waals surface area contributed by atoms with Crippen molar-refractivity contribution in [3.63, 3.8) is 0 Å². The molecule has 1 aliphatic rings. The Bertz CT molecular complexity index is 399. The number of benzene rings is 1. The minimum atomic E-state index is 0.0234. The van der Waals surface area contributed by atoms with Gasteiger partial charge in [-0.15, -0.1) is 0 Å². The van der Waals surface area contributed by atoms with Crippen LogP contribution in [-0.4, -0.2) is 29.0 Å². The molecule has 1 N–H and O–H groups in total. The zero-order valence-corrected chi connectivity index (χ0v) is 10.2. The summed E-state index contributed by atoms with van der Waals surface area (Å²) in [5.74, 6) is 0.849. The quantitative estimate of drug-likeness (QED) is 0.868. The van der Waals surface area contributed by atoms with Crippen molar-refractivity contribution in [2.24, 2.45) is 5.92 Å². The first-order valence-electron chi connectivity index (χ1n) is 6.29. The second-order valence-corrected chi connectivity index (χ2v) is 4.69. The summed E-state index contributed by atoms with van der Waals surface area (Å²) in [7, 11) is 0. The number of carbonyl (C=O) groups excluding carboxylic acids is 1. The van der Waals surface area contributed by atoms with Gasteiger partial charge in [0.05, 0.1) is 0 Å². The molecule has 3 nitrogen and oxygen atoms in total. The SMILES string of the molecule is CCN(CC1CCC1)C(=O)c1cccc(O)c1. The molecule has 92 valence electrons. The van der Waals surface area contributed by atoms with Crippen molar-refractivity contribution in [3.8, 4) is 5.75 Å². The Morgan fingerprint density at radius 1 is 1.47 bits per heavy atom. The molecule has 0 bridgehead atoms. The van der Waals surface area contributed by atoms with Crippen molar-refractivity contribution in [1.29, 1.82) is 0 Å². The van der Waals surface area contributed by atoms with Crippen molar-refractivity contribution < 1.29 is 9.90 Å². The van der Waals surface area contributed by atoms with Gasteiger partial charge >= 0.3 is 0 Å². The predicted molar refractivity (Wildman–Crippen MR) is 67.0 cm³/mol. The highest BCUT2D eigenvalue weighted by Crippen LogP contribution is 2.27. The summed E-state index contributed by atoms with van der Waals surface area (Å²) in [6.07, 6.45) is 3.77. The largest absolute Gasteiger partial charge is 0.508 e. The molecule has 0 aliphatic heterocycles. The molecule has 1 aliphatic carbocycles. The van der Waals surface area contributed by atoms with Crippen LogP contribution >= 0.6 is 0 Å². The van der Waals surface area contributed by atoms with E-state index in [1.807, 2.05) is 11.8 Å². The van der Waals surface area contributed by atoms with Gasteiger partial charge in [0.25, 0.3) is 5.91 Å². The third-order valence-electron chi connectivity index (χ3n) is 3.47. The van der Waals surface area contributed by atoms with Crippen molar-refractivity contribution in [3.05, 3.63) is 29.8 Å². The molecule has 0 heterocycles. The molecule has 17 heavy (non-hydrogen) atoms. The van der Waals surface area contributed by atoms with Gasteiger partial charge in [0.15, 0.2) is 0 Å². The summed E-state index contributed by atoms with van der Waals surface area (Å²) in [5, 5.41) is 9.38. The first-order chi connectivity index (χ1) is 8.20. The molecule has 0 spiro atoms. The molecule has 0 radical (unpaired) electrons. The van der Waals surface area contributed by atoms with Gasteiger partial charge in [-0.2, -0.15) is 0 Å². The number of phenols is 1. The van der Waals surface area contributed by atoms with E-state index in [9.17, 15) is 9.90 Å². The van der Waals surface area contributed by atoms with Crippen LogP contribution in [0, 0.1) is 5.92 Å². The van der Waals surface area contributed by atoms with E-state index in [0.29, 0.717) is 11.5 Å². The Hall–Kier alpha value is -1.51.